The molecule has 3 atom stereocenters. The molecule has 2 aliphatic rings. The van der Waals surface area contributed by atoms with Gasteiger partial charge in [0.25, 0.3) is 0 Å². The lowest BCUT2D eigenvalue weighted by molar-refractivity contribution is -0.153. The van der Waals surface area contributed by atoms with E-state index in [2.05, 4.69) is 31.2 Å². The van der Waals surface area contributed by atoms with Crippen LogP contribution in [0.4, 0.5) is 38.0 Å². The second kappa shape index (κ2) is 8.58. The first-order valence-electron chi connectivity index (χ1n) is 11.1. The van der Waals surface area contributed by atoms with Gasteiger partial charge in [-0.15, -0.1) is 11.5 Å². The summed E-state index contributed by atoms with van der Waals surface area (Å²) in [5, 5.41) is 7.26. The Hall–Kier alpha value is -3.40. The van der Waals surface area contributed by atoms with Crippen LogP contribution in [0.25, 0.3) is 5.65 Å². The molecule has 14 heteroatoms. The molecule has 37 heavy (non-hydrogen) atoms. The van der Waals surface area contributed by atoms with Crippen LogP contribution in [0.1, 0.15) is 17.8 Å². The van der Waals surface area contributed by atoms with Crippen LogP contribution in [-0.2, 0) is 6.18 Å². The molecule has 3 aromatic rings. The predicted octanol–water partition coefficient (Wildman–Crippen LogP) is 4.99. The second-order valence-electron chi connectivity index (χ2n) is 9.19. The molecule has 1 aliphatic heterocycles. The van der Waals surface area contributed by atoms with Crippen LogP contribution in [-0.4, -0.2) is 51.5 Å². The zero-order valence-corrected chi connectivity index (χ0v) is 19.9. The third kappa shape index (κ3) is 4.70. The lowest BCUT2D eigenvalue weighted by Gasteiger charge is -2.47. The van der Waals surface area contributed by atoms with Crippen LogP contribution >= 0.6 is 11.6 Å². The molecular formula is C23H19ClF6N6O. The van der Waals surface area contributed by atoms with Crippen molar-refractivity contribution in [2.24, 2.45) is 11.3 Å². The number of hydrogen-bond donors (Lipinski definition) is 1. The van der Waals surface area contributed by atoms with Crippen LogP contribution in [0.5, 0.6) is 5.75 Å². The molecule has 7 nitrogen and oxygen atoms in total. The summed E-state index contributed by atoms with van der Waals surface area (Å²) in [6.45, 7) is 1.23. The van der Waals surface area contributed by atoms with Gasteiger partial charge < -0.3 is 15.0 Å². The number of hydrogen-bond acceptors (Lipinski definition) is 6. The fourth-order valence-electron chi connectivity index (χ4n) is 5.04. The van der Waals surface area contributed by atoms with Crippen LogP contribution in [0.2, 0.25) is 5.15 Å². The number of aromatic nitrogens is 4. The first kappa shape index (κ1) is 25.3. The van der Waals surface area contributed by atoms with E-state index in [-0.39, 0.29) is 17.9 Å². The smallest absolute Gasteiger partial charge is 0.433 e. The SMILES string of the molecule is C#CC12CC(Nc3nc4c(OCC(F)(F)F)ccc(C(F)(F)F)n4n3)C1CN(c1cc(C)nc(Cl)c1)C2. The Morgan fingerprint density at radius 2 is 1.97 bits per heavy atom. The van der Waals surface area contributed by atoms with Crippen LogP contribution < -0.4 is 15.0 Å². The van der Waals surface area contributed by atoms with E-state index in [4.69, 9.17) is 22.8 Å². The van der Waals surface area contributed by atoms with Gasteiger partial charge in [-0.3, -0.25) is 0 Å². The van der Waals surface area contributed by atoms with E-state index in [0.29, 0.717) is 35.2 Å². The van der Waals surface area contributed by atoms with Gasteiger partial charge in [-0.05, 0) is 37.6 Å². The quantitative estimate of drug-likeness (QED) is 0.277. The second-order valence-corrected chi connectivity index (χ2v) is 9.57. The summed E-state index contributed by atoms with van der Waals surface area (Å²) >= 11 is 6.10. The molecule has 196 valence electrons. The van der Waals surface area contributed by atoms with E-state index in [1.54, 1.807) is 6.07 Å². The molecule has 1 N–H and O–H groups in total. The van der Waals surface area contributed by atoms with E-state index in [1.165, 1.54) is 0 Å². The predicted molar refractivity (Wildman–Crippen MR) is 123 cm³/mol. The summed E-state index contributed by atoms with van der Waals surface area (Å²) in [7, 11) is 0. The Kier molecular flexibility index (Phi) is 5.86. The average molecular weight is 545 g/mol. The first-order chi connectivity index (χ1) is 17.3. The lowest BCUT2D eigenvalue weighted by atomic mass is 9.59. The summed E-state index contributed by atoms with van der Waals surface area (Å²) in [4.78, 5) is 10.3. The Morgan fingerprint density at radius 3 is 2.62 bits per heavy atom. The highest BCUT2D eigenvalue weighted by molar-refractivity contribution is 6.29. The summed E-state index contributed by atoms with van der Waals surface area (Å²) < 4.78 is 83.7. The Labute approximate surface area is 211 Å². The highest BCUT2D eigenvalue weighted by Gasteiger charge is 2.58. The van der Waals surface area contributed by atoms with Crippen LogP contribution in [0.15, 0.2) is 24.3 Å². The van der Waals surface area contributed by atoms with Crippen molar-refractivity contribution in [3.63, 3.8) is 0 Å². The van der Waals surface area contributed by atoms with Crippen molar-refractivity contribution >= 4 is 28.9 Å². The molecule has 0 bridgehead atoms. The van der Waals surface area contributed by atoms with Gasteiger partial charge in [0, 0.05) is 36.4 Å². The normalized spacial score (nSPS) is 23.5. The van der Waals surface area contributed by atoms with Crippen molar-refractivity contribution in [1.29, 1.82) is 0 Å². The van der Waals surface area contributed by atoms with Gasteiger partial charge in [0.1, 0.15) is 10.8 Å². The molecular weight excluding hydrogens is 526 g/mol. The number of halogens is 7. The molecule has 0 amide bonds. The van der Waals surface area contributed by atoms with E-state index in [0.717, 1.165) is 17.4 Å². The van der Waals surface area contributed by atoms with Gasteiger partial charge in [-0.25, -0.2) is 9.50 Å². The maximum atomic E-state index is 13.5. The number of anilines is 2. The molecule has 0 spiro atoms. The first-order valence-corrected chi connectivity index (χ1v) is 11.5. The van der Waals surface area contributed by atoms with Crippen molar-refractivity contribution < 1.29 is 31.1 Å². The standard InChI is InChI=1S/C23H19ClF6N6O/c1-3-21-8-15(14(21)9-35(10-21)13-6-12(2)31-18(24)7-13)32-20-33-19-16(37-11-22(25,26)27)4-5-17(23(28,29)30)36(19)34-20/h1,4-7,14-15H,8-11H2,2H3,(H,32,34). The van der Waals surface area contributed by atoms with Gasteiger partial charge in [0.15, 0.2) is 18.0 Å². The minimum absolute atomic E-state index is 0.0839. The third-order valence-electron chi connectivity index (χ3n) is 6.67. The van der Waals surface area contributed by atoms with Gasteiger partial charge >= 0.3 is 12.4 Å². The number of pyridine rings is 2. The van der Waals surface area contributed by atoms with Gasteiger partial charge in [0.05, 0.1) is 5.41 Å². The molecule has 3 unspecified atom stereocenters. The number of fused-ring (bicyclic) bond motifs is 2. The van der Waals surface area contributed by atoms with Gasteiger partial charge in [-0.1, -0.05) is 17.5 Å². The van der Waals surface area contributed by atoms with Crippen molar-refractivity contribution in [2.75, 3.05) is 29.9 Å². The summed E-state index contributed by atoms with van der Waals surface area (Å²) in [6.07, 6.45) is -3.13. The largest absolute Gasteiger partial charge is 0.480 e. The van der Waals surface area contributed by atoms with E-state index >= 15 is 0 Å². The highest BCUT2D eigenvalue weighted by atomic mass is 35.5. The van der Waals surface area contributed by atoms with E-state index in [9.17, 15) is 26.3 Å². The molecule has 3 aromatic heterocycles. The molecule has 1 saturated heterocycles. The molecule has 0 aromatic carbocycles. The lowest BCUT2D eigenvalue weighted by Crippen LogP contribution is -2.53. The van der Waals surface area contributed by atoms with Crippen molar-refractivity contribution in [1.82, 2.24) is 19.6 Å². The molecule has 2 fully saturated rings. The maximum Gasteiger partial charge on any atom is 0.433 e. The van der Waals surface area contributed by atoms with Crippen molar-refractivity contribution in [3.05, 3.63) is 40.8 Å². The summed E-state index contributed by atoms with van der Waals surface area (Å²) in [5.74, 6) is 2.13. The minimum Gasteiger partial charge on any atom is -0.480 e. The number of nitrogens with zero attached hydrogens (tertiary/aromatic N) is 5. The van der Waals surface area contributed by atoms with Crippen molar-refractivity contribution in [2.45, 2.75) is 31.7 Å². The highest BCUT2D eigenvalue weighted by Crippen LogP contribution is 2.53. The maximum absolute atomic E-state index is 13.5. The molecule has 1 saturated carbocycles. The Bertz CT molecular complexity index is 1380. The van der Waals surface area contributed by atoms with Crippen LogP contribution in [0, 0.1) is 30.6 Å². The number of rotatable bonds is 5. The number of ether oxygens (including phenoxy) is 1. The minimum atomic E-state index is -4.82. The number of nitrogens with one attached hydrogen (secondary N) is 1. The molecule has 5 rings (SSSR count). The Morgan fingerprint density at radius 1 is 1.22 bits per heavy atom. The number of aryl methyl sites for hydroxylation is 1. The van der Waals surface area contributed by atoms with Crippen molar-refractivity contribution in [3.8, 4) is 18.1 Å². The Balaban J connectivity index is 1.41. The fourth-order valence-corrected chi connectivity index (χ4v) is 5.29. The van der Waals surface area contributed by atoms with E-state index < -0.39 is 41.5 Å². The zero-order valence-electron chi connectivity index (χ0n) is 19.2. The molecule has 0 radical (unpaired) electrons. The van der Waals surface area contributed by atoms with Crippen LogP contribution in [0.3, 0.4) is 0 Å². The summed E-state index contributed by atoms with van der Waals surface area (Å²) in [6, 6.07) is 4.74. The summed E-state index contributed by atoms with van der Waals surface area (Å²) in [5.41, 5.74) is -0.569. The van der Waals surface area contributed by atoms with E-state index in [1.807, 2.05) is 13.0 Å². The topological polar surface area (TPSA) is 67.6 Å². The average Bonchev–Trinajstić information content (AvgIpc) is 3.32. The molecule has 1 aliphatic carbocycles. The number of alkyl halides is 6. The molecule has 4 heterocycles. The number of terminal acetylenes is 1. The third-order valence-corrected chi connectivity index (χ3v) is 6.87. The fraction of sp³-hybridized carbons (Fsp3) is 0.435. The van der Waals surface area contributed by atoms with Gasteiger partial charge in [0.2, 0.25) is 5.95 Å². The zero-order chi connectivity index (χ0) is 26.8. The monoisotopic (exact) mass is 544 g/mol. The van der Waals surface area contributed by atoms with Gasteiger partial charge in [-0.2, -0.15) is 31.3 Å².